The zero-order valence-electron chi connectivity index (χ0n) is 11.7. The van der Waals surface area contributed by atoms with Crippen LogP contribution in [0.1, 0.15) is 27.7 Å². The summed E-state index contributed by atoms with van der Waals surface area (Å²) in [7, 11) is 1.64. The van der Waals surface area contributed by atoms with Gasteiger partial charge in [-0.3, -0.25) is 0 Å². The first kappa shape index (κ1) is 16.1. The predicted octanol–water partition coefficient (Wildman–Crippen LogP) is 2.21. The number of hydrogen-bond acceptors (Lipinski definition) is 2. The lowest BCUT2D eigenvalue weighted by molar-refractivity contribution is -0.535. The van der Waals surface area contributed by atoms with Gasteiger partial charge in [0.2, 0.25) is 0 Å². The summed E-state index contributed by atoms with van der Waals surface area (Å²) in [5.41, 5.74) is 0.627. The second-order valence-electron chi connectivity index (χ2n) is 4.60. The van der Waals surface area contributed by atoms with E-state index >= 15 is 0 Å². The molecule has 0 aromatic carbocycles. The summed E-state index contributed by atoms with van der Waals surface area (Å²) in [5.74, 6) is 0.325. The minimum Gasteiger partial charge on any atom is -0.392 e. The van der Waals surface area contributed by atoms with Gasteiger partial charge < -0.3 is 9.84 Å². The van der Waals surface area contributed by atoms with E-state index in [9.17, 15) is 5.11 Å². The van der Waals surface area contributed by atoms with Crippen molar-refractivity contribution < 1.29 is 14.4 Å². The number of ether oxygens (including phenoxy) is 1. The van der Waals surface area contributed by atoms with Crippen LogP contribution in [-0.4, -0.2) is 42.3 Å². The first-order chi connectivity index (χ1) is 7.94. The fraction of sp³-hybridized carbons (Fsp3) is 0.643. The minimum atomic E-state index is -0.306. The Hall–Kier alpha value is -0.930. The Balaban J connectivity index is 5.37. The quantitative estimate of drug-likeness (QED) is 0.420. The predicted molar refractivity (Wildman–Crippen MR) is 72.5 cm³/mol. The van der Waals surface area contributed by atoms with Gasteiger partial charge in [0.15, 0.2) is 11.7 Å². The van der Waals surface area contributed by atoms with E-state index in [4.69, 9.17) is 4.74 Å². The Labute approximate surface area is 105 Å². The van der Waals surface area contributed by atoms with Gasteiger partial charge in [-0.2, -0.15) is 0 Å². The lowest BCUT2D eigenvalue weighted by Crippen LogP contribution is -2.44. The molecule has 0 bridgehead atoms. The molecule has 3 heteroatoms. The topological polar surface area (TPSA) is 32.5 Å². The van der Waals surface area contributed by atoms with E-state index in [2.05, 4.69) is 27.5 Å². The maximum atomic E-state index is 9.55. The molecule has 17 heavy (non-hydrogen) atoms. The van der Waals surface area contributed by atoms with Crippen LogP contribution in [0.4, 0.5) is 0 Å². The molecule has 0 saturated carbocycles. The monoisotopic (exact) mass is 240 g/mol. The normalized spacial score (nSPS) is 16.5. The van der Waals surface area contributed by atoms with Gasteiger partial charge in [0.05, 0.1) is 13.2 Å². The molecule has 0 aromatic rings. The minimum absolute atomic E-state index is 0.0155. The number of rotatable bonds is 7. The molecule has 1 N–H and O–H groups in total. The SMILES string of the molecule is C=[N+](/C=C\C)C(C)(/C(=C/COC)CO)C(C)C. The highest BCUT2D eigenvalue weighted by Gasteiger charge is 2.41. The molecule has 0 fully saturated rings. The van der Waals surface area contributed by atoms with Gasteiger partial charge in [0.1, 0.15) is 6.72 Å². The molecule has 0 heterocycles. The van der Waals surface area contributed by atoms with Crippen LogP contribution in [0, 0.1) is 5.92 Å². The third-order valence-corrected chi connectivity index (χ3v) is 3.37. The molecule has 0 rings (SSSR count). The summed E-state index contributed by atoms with van der Waals surface area (Å²) >= 11 is 0. The molecule has 0 spiro atoms. The average molecular weight is 240 g/mol. The van der Waals surface area contributed by atoms with Crippen LogP contribution in [0.5, 0.6) is 0 Å². The highest BCUT2D eigenvalue weighted by atomic mass is 16.5. The summed E-state index contributed by atoms with van der Waals surface area (Å²) in [6.07, 6.45) is 5.80. The molecule has 0 saturated heterocycles. The van der Waals surface area contributed by atoms with Crippen molar-refractivity contribution in [2.24, 2.45) is 5.92 Å². The molecule has 98 valence electrons. The van der Waals surface area contributed by atoms with Crippen molar-refractivity contribution in [3.05, 3.63) is 23.9 Å². The van der Waals surface area contributed by atoms with Crippen LogP contribution in [0.2, 0.25) is 0 Å². The Morgan fingerprint density at radius 3 is 2.47 bits per heavy atom. The van der Waals surface area contributed by atoms with Gasteiger partial charge in [0.25, 0.3) is 0 Å². The molecule has 1 unspecified atom stereocenters. The first-order valence-corrected chi connectivity index (χ1v) is 5.97. The van der Waals surface area contributed by atoms with Crippen LogP contribution < -0.4 is 0 Å². The number of aliphatic hydroxyl groups is 1. The zero-order valence-corrected chi connectivity index (χ0v) is 11.7. The molecular weight excluding hydrogens is 214 g/mol. The van der Waals surface area contributed by atoms with E-state index in [0.29, 0.717) is 12.5 Å². The lowest BCUT2D eigenvalue weighted by Gasteiger charge is -2.30. The summed E-state index contributed by atoms with van der Waals surface area (Å²) in [6, 6.07) is 0. The largest absolute Gasteiger partial charge is 0.392 e. The molecule has 0 aliphatic heterocycles. The van der Waals surface area contributed by atoms with E-state index < -0.39 is 0 Å². The van der Waals surface area contributed by atoms with E-state index in [-0.39, 0.29) is 12.1 Å². The van der Waals surface area contributed by atoms with E-state index in [1.54, 1.807) is 7.11 Å². The van der Waals surface area contributed by atoms with Gasteiger partial charge in [0, 0.05) is 25.5 Å². The fourth-order valence-corrected chi connectivity index (χ4v) is 1.84. The number of nitrogens with zero attached hydrogens (tertiary/aromatic N) is 1. The van der Waals surface area contributed by atoms with Crippen LogP contribution >= 0.6 is 0 Å². The summed E-state index contributed by atoms with van der Waals surface area (Å²) in [6.45, 7) is 12.9. The van der Waals surface area contributed by atoms with Crippen molar-refractivity contribution in [1.29, 1.82) is 0 Å². The van der Waals surface area contributed by atoms with Crippen molar-refractivity contribution in [1.82, 2.24) is 0 Å². The van der Waals surface area contributed by atoms with Crippen LogP contribution in [0.25, 0.3) is 0 Å². The third-order valence-electron chi connectivity index (χ3n) is 3.37. The van der Waals surface area contributed by atoms with Crippen LogP contribution in [0.3, 0.4) is 0 Å². The van der Waals surface area contributed by atoms with Gasteiger partial charge >= 0.3 is 0 Å². The summed E-state index contributed by atoms with van der Waals surface area (Å²) < 4.78 is 6.94. The Morgan fingerprint density at radius 2 is 2.12 bits per heavy atom. The van der Waals surface area contributed by atoms with E-state index in [1.807, 2.05) is 29.9 Å². The molecule has 0 radical (unpaired) electrons. The Morgan fingerprint density at radius 1 is 1.53 bits per heavy atom. The smallest absolute Gasteiger partial charge is 0.190 e. The van der Waals surface area contributed by atoms with Crippen molar-refractivity contribution in [2.45, 2.75) is 33.2 Å². The molecule has 0 aliphatic rings. The molecule has 0 aromatic heterocycles. The second-order valence-corrected chi connectivity index (χ2v) is 4.60. The maximum absolute atomic E-state index is 9.55. The lowest BCUT2D eigenvalue weighted by atomic mass is 9.80. The van der Waals surface area contributed by atoms with Gasteiger partial charge in [-0.05, 0) is 13.0 Å². The number of allylic oxidation sites excluding steroid dienone is 1. The van der Waals surface area contributed by atoms with Crippen molar-refractivity contribution in [3.63, 3.8) is 0 Å². The second kappa shape index (κ2) is 7.41. The zero-order chi connectivity index (χ0) is 13.5. The van der Waals surface area contributed by atoms with Crippen LogP contribution in [0.15, 0.2) is 23.9 Å². The highest BCUT2D eigenvalue weighted by molar-refractivity contribution is 5.24. The van der Waals surface area contributed by atoms with Gasteiger partial charge in [-0.25, -0.2) is 4.58 Å². The molecule has 0 aliphatic carbocycles. The number of methoxy groups -OCH3 is 1. The first-order valence-electron chi connectivity index (χ1n) is 5.97. The molecule has 3 nitrogen and oxygen atoms in total. The highest BCUT2D eigenvalue weighted by Crippen LogP contribution is 2.29. The van der Waals surface area contributed by atoms with E-state index in [1.165, 1.54) is 0 Å². The third kappa shape index (κ3) is 3.79. The van der Waals surface area contributed by atoms with Crippen LogP contribution in [-0.2, 0) is 4.74 Å². The van der Waals surface area contributed by atoms with Gasteiger partial charge in [-0.1, -0.05) is 19.9 Å². The number of aliphatic hydroxyl groups excluding tert-OH is 1. The molecular formula is C14H26NO2+. The maximum Gasteiger partial charge on any atom is 0.190 e. The fourth-order valence-electron chi connectivity index (χ4n) is 1.84. The summed E-state index contributed by atoms with van der Waals surface area (Å²) in [5, 5.41) is 9.55. The summed E-state index contributed by atoms with van der Waals surface area (Å²) in [4.78, 5) is 0. The Kier molecular flexibility index (Phi) is 7.00. The van der Waals surface area contributed by atoms with E-state index in [0.717, 1.165) is 5.57 Å². The standard InChI is InChI=1S/C14H26NO2/c1-7-9-15(5)14(4,12(2)3)13(11-16)8-10-17-6/h7-9,12,16H,5,10-11H2,1-4,6H3/q+1/b9-7-,13-8+. The molecule has 0 amide bonds. The van der Waals surface area contributed by atoms with Crippen molar-refractivity contribution in [3.8, 4) is 0 Å². The van der Waals surface area contributed by atoms with Crippen molar-refractivity contribution in [2.75, 3.05) is 20.3 Å². The molecule has 1 atom stereocenters. The Bertz CT molecular complexity index is 305. The van der Waals surface area contributed by atoms with Crippen molar-refractivity contribution >= 4 is 6.72 Å². The number of hydrogen-bond donors (Lipinski definition) is 1. The van der Waals surface area contributed by atoms with Gasteiger partial charge in [-0.15, -0.1) is 0 Å². The average Bonchev–Trinajstić information content (AvgIpc) is 2.29.